The number of carboxylic acids is 1. The molecule has 1 aromatic heterocycles. The van der Waals surface area contributed by atoms with Crippen molar-refractivity contribution in [3.63, 3.8) is 0 Å². The number of carbonyl (C=O) groups is 3. The van der Waals surface area contributed by atoms with Crippen molar-refractivity contribution in [2.45, 2.75) is 35.3 Å². The van der Waals surface area contributed by atoms with Gasteiger partial charge in [-0.1, -0.05) is 12.1 Å². The second-order valence-corrected chi connectivity index (χ2v) is 10.7. The monoisotopic (exact) mass is 512 g/mol. The molecule has 1 unspecified atom stereocenters. The van der Waals surface area contributed by atoms with E-state index < -0.39 is 33.1 Å². The van der Waals surface area contributed by atoms with Crippen molar-refractivity contribution in [3.8, 4) is 0 Å². The third-order valence-corrected chi connectivity index (χ3v) is 7.71. The highest BCUT2D eigenvalue weighted by molar-refractivity contribution is 8.00. The van der Waals surface area contributed by atoms with Crippen LogP contribution >= 0.6 is 11.8 Å². The van der Waals surface area contributed by atoms with Gasteiger partial charge in [-0.15, -0.1) is 11.8 Å². The normalized spacial score (nSPS) is 15.9. The molecule has 1 aliphatic rings. The fourth-order valence-electron chi connectivity index (χ4n) is 3.59. The number of aromatic carboxylic acids is 1. The van der Waals surface area contributed by atoms with Crippen molar-refractivity contribution in [1.82, 2.24) is 9.97 Å². The van der Waals surface area contributed by atoms with E-state index >= 15 is 0 Å². The van der Waals surface area contributed by atoms with Gasteiger partial charge in [0, 0.05) is 22.7 Å². The van der Waals surface area contributed by atoms with Crippen LogP contribution in [0.1, 0.15) is 28.2 Å². The Kier molecular flexibility index (Phi) is 6.59. The van der Waals surface area contributed by atoms with Gasteiger partial charge < -0.3 is 5.11 Å². The highest BCUT2D eigenvalue weighted by Gasteiger charge is 2.40. The maximum absolute atomic E-state index is 13.0. The summed E-state index contributed by atoms with van der Waals surface area (Å²) in [6, 6.07) is 13.3. The quantitative estimate of drug-likeness (QED) is 0.456. The number of carbonyl (C=O) groups excluding carboxylic acids is 2. The molecular weight excluding hydrogens is 492 g/mol. The minimum absolute atomic E-state index is 0.0473. The lowest BCUT2D eigenvalue weighted by atomic mass is 10.2. The number of nitrogens with one attached hydrogen (secondary N) is 1. The number of benzene rings is 2. The maximum atomic E-state index is 13.0. The lowest BCUT2D eigenvalue weighted by Crippen LogP contribution is -2.31. The Hall–Kier alpha value is -3.77. The molecule has 4 rings (SSSR count). The van der Waals surface area contributed by atoms with E-state index in [2.05, 4.69) is 14.7 Å². The fourth-order valence-corrected chi connectivity index (χ4v) is 5.71. The molecule has 3 aromatic rings. The summed E-state index contributed by atoms with van der Waals surface area (Å²) in [5.74, 6) is -2.15. The van der Waals surface area contributed by atoms with E-state index in [9.17, 15) is 27.9 Å². The van der Waals surface area contributed by atoms with E-state index in [1.54, 1.807) is 38.1 Å². The molecule has 1 atom stereocenters. The molecule has 2 amide bonds. The van der Waals surface area contributed by atoms with Crippen LogP contribution in [0.15, 0.2) is 64.4 Å². The Morgan fingerprint density at radius 3 is 2.31 bits per heavy atom. The van der Waals surface area contributed by atoms with Gasteiger partial charge in [-0.25, -0.2) is 32.8 Å². The van der Waals surface area contributed by atoms with Crippen LogP contribution in [0.5, 0.6) is 0 Å². The summed E-state index contributed by atoms with van der Waals surface area (Å²) >= 11 is 1.01. The van der Waals surface area contributed by atoms with Crippen LogP contribution in [0.2, 0.25) is 0 Å². The van der Waals surface area contributed by atoms with Crippen molar-refractivity contribution >= 4 is 51.2 Å². The number of hydrogen-bond donors (Lipinski definition) is 2. The summed E-state index contributed by atoms with van der Waals surface area (Å²) in [4.78, 5) is 46.5. The Labute approximate surface area is 205 Å². The van der Waals surface area contributed by atoms with Gasteiger partial charge in [-0.3, -0.25) is 9.59 Å². The summed E-state index contributed by atoms with van der Waals surface area (Å²) in [7, 11) is -4.00. The second-order valence-electron chi connectivity index (χ2n) is 7.75. The molecule has 0 aliphatic carbocycles. The smallest absolute Gasteiger partial charge is 0.336 e. The zero-order chi connectivity index (χ0) is 25.3. The molecule has 0 bridgehead atoms. The predicted molar refractivity (Wildman–Crippen MR) is 129 cm³/mol. The average Bonchev–Trinajstić information content (AvgIpc) is 3.05. The summed E-state index contributed by atoms with van der Waals surface area (Å²) in [5, 5.41) is 8.57. The summed E-state index contributed by atoms with van der Waals surface area (Å²) in [6.45, 7) is 3.44. The zero-order valence-electron chi connectivity index (χ0n) is 18.6. The predicted octanol–water partition coefficient (Wildman–Crippen LogP) is 3.02. The van der Waals surface area contributed by atoms with Crippen LogP contribution in [-0.2, 0) is 19.6 Å². The summed E-state index contributed by atoms with van der Waals surface area (Å²) < 4.78 is 27.8. The lowest BCUT2D eigenvalue weighted by Gasteiger charge is -2.16. The van der Waals surface area contributed by atoms with Crippen molar-refractivity contribution in [3.05, 3.63) is 71.5 Å². The van der Waals surface area contributed by atoms with Crippen molar-refractivity contribution in [2.75, 3.05) is 9.62 Å². The number of aromatic nitrogens is 2. The number of nitrogens with zero attached hydrogens (tertiary/aromatic N) is 3. The van der Waals surface area contributed by atoms with Gasteiger partial charge in [-0.2, -0.15) is 0 Å². The van der Waals surface area contributed by atoms with Crippen LogP contribution < -0.4 is 9.62 Å². The first-order valence-electron chi connectivity index (χ1n) is 10.4. The van der Waals surface area contributed by atoms with Crippen molar-refractivity contribution in [1.29, 1.82) is 0 Å². The Bertz CT molecular complexity index is 1420. The minimum Gasteiger partial charge on any atom is -0.478 e. The third kappa shape index (κ3) is 5.17. The highest BCUT2D eigenvalue weighted by atomic mass is 32.2. The minimum atomic E-state index is -4.00. The first-order chi connectivity index (χ1) is 16.5. The van der Waals surface area contributed by atoms with E-state index in [-0.39, 0.29) is 28.5 Å². The van der Waals surface area contributed by atoms with Gasteiger partial charge in [-0.05, 0) is 56.3 Å². The molecular formula is C23H20N4O6S2. The molecule has 1 fully saturated rings. The van der Waals surface area contributed by atoms with Gasteiger partial charge in [0.2, 0.25) is 17.8 Å². The number of imide groups is 1. The molecule has 2 aromatic carbocycles. The Morgan fingerprint density at radius 2 is 1.69 bits per heavy atom. The van der Waals surface area contributed by atoms with E-state index in [1.165, 1.54) is 30.3 Å². The SMILES string of the molecule is Cc1cc(C)nc(NS(=O)(=O)c2ccc(N3C(=O)CC(Sc4ccccc4C(=O)O)C3=O)cc2)n1. The number of amides is 2. The van der Waals surface area contributed by atoms with Crippen LogP contribution in [0.25, 0.3) is 0 Å². The molecule has 2 N–H and O–H groups in total. The number of thioether (sulfide) groups is 1. The fraction of sp³-hybridized carbons (Fsp3) is 0.174. The molecule has 1 aliphatic heterocycles. The van der Waals surface area contributed by atoms with Crippen molar-refractivity contribution < 1.29 is 27.9 Å². The van der Waals surface area contributed by atoms with E-state index in [0.29, 0.717) is 16.3 Å². The highest BCUT2D eigenvalue weighted by Crippen LogP contribution is 2.35. The standard InChI is InChI=1S/C23H20N4O6S2/c1-13-11-14(2)25-23(24-13)26-35(32,33)16-9-7-15(8-10-16)27-20(28)12-19(21(27)29)34-18-6-4-3-5-17(18)22(30)31/h3-11,19H,12H2,1-2H3,(H,30,31)(H,24,25,26). The first kappa shape index (κ1) is 24.4. The van der Waals surface area contributed by atoms with Crippen LogP contribution in [0, 0.1) is 13.8 Å². The molecule has 0 saturated carbocycles. The van der Waals surface area contributed by atoms with Gasteiger partial charge in [0.05, 0.1) is 21.4 Å². The first-order valence-corrected chi connectivity index (χ1v) is 12.7. The van der Waals surface area contributed by atoms with E-state index in [0.717, 1.165) is 16.7 Å². The van der Waals surface area contributed by atoms with Crippen LogP contribution in [0.4, 0.5) is 11.6 Å². The van der Waals surface area contributed by atoms with Gasteiger partial charge in [0.25, 0.3) is 10.0 Å². The number of sulfonamides is 1. The number of hydrogen-bond acceptors (Lipinski definition) is 8. The second kappa shape index (κ2) is 9.47. The van der Waals surface area contributed by atoms with E-state index in [1.807, 2.05) is 0 Å². The average molecular weight is 513 g/mol. The topological polar surface area (TPSA) is 147 Å². The Balaban J connectivity index is 1.52. The number of aryl methyl sites for hydroxylation is 2. The molecule has 0 spiro atoms. The summed E-state index contributed by atoms with van der Waals surface area (Å²) in [6.07, 6.45) is -0.108. The molecule has 0 radical (unpaired) electrons. The van der Waals surface area contributed by atoms with Crippen LogP contribution in [-0.4, -0.2) is 46.5 Å². The zero-order valence-corrected chi connectivity index (χ0v) is 20.3. The molecule has 12 heteroatoms. The van der Waals surface area contributed by atoms with Crippen molar-refractivity contribution in [2.24, 2.45) is 0 Å². The van der Waals surface area contributed by atoms with Gasteiger partial charge in [0.1, 0.15) is 0 Å². The number of carboxylic acid groups (broad SMARTS) is 1. The molecule has 1 saturated heterocycles. The molecule has 10 nitrogen and oxygen atoms in total. The number of rotatable bonds is 7. The Morgan fingerprint density at radius 1 is 1.06 bits per heavy atom. The molecule has 2 heterocycles. The lowest BCUT2D eigenvalue weighted by molar-refractivity contribution is -0.121. The summed E-state index contributed by atoms with van der Waals surface area (Å²) in [5.41, 5.74) is 1.48. The number of anilines is 2. The van der Waals surface area contributed by atoms with Crippen LogP contribution in [0.3, 0.4) is 0 Å². The van der Waals surface area contributed by atoms with E-state index in [4.69, 9.17) is 0 Å². The largest absolute Gasteiger partial charge is 0.478 e. The van der Waals surface area contributed by atoms with Gasteiger partial charge >= 0.3 is 5.97 Å². The maximum Gasteiger partial charge on any atom is 0.336 e. The van der Waals surface area contributed by atoms with Gasteiger partial charge in [0.15, 0.2) is 0 Å². The third-order valence-electron chi connectivity index (χ3n) is 5.11. The molecule has 180 valence electrons. The molecule has 35 heavy (non-hydrogen) atoms.